The fourth-order valence-corrected chi connectivity index (χ4v) is 1.75. The third-order valence-electron chi connectivity index (χ3n) is 2.78. The Balaban J connectivity index is 2.22. The lowest BCUT2D eigenvalue weighted by Crippen LogP contribution is -2.12. The number of hydrogen-bond acceptors (Lipinski definition) is 3. The molecule has 0 fully saturated rings. The quantitative estimate of drug-likeness (QED) is 0.894. The van der Waals surface area contributed by atoms with Crippen LogP contribution in [-0.2, 0) is 6.54 Å². The molecule has 0 aliphatic rings. The second-order valence-electron chi connectivity index (χ2n) is 4.28. The molecule has 19 heavy (non-hydrogen) atoms. The summed E-state index contributed by atoms with van der Waals surface area (Å²) < 4.78 is 18.9. The summed E-state index contributed by atoms with van der Waals surface area (Å²) in [6, 6.07) is 6.31. The fraction of sp³-hybridized carbons (Fsp3) is 0.267. The van der Waals surface area contributed by atoms with Crippen molar-refractivity contribution in [2.75, 3.05) is 6.54 Å². The minimum absolute atomic E-state index is 0.257. The van der Waals surface area contributed by atoms with Crippen LogP contribution in [0.5, 0.6) is 11.5 Å². The number of hydrogen-bond donors (Lipinski definition) is 1. The van der Waals surface area contributed by atoms with Crippen LogP contribution in [0.25, 0.3) is 0 Å². The van der Waals surface area contributed by atoms with Crippen LogP contribution in [0.4, 0.5) is 4.39 Å². The van der Waals surface area contributed by atoms with E-state index in [0.717, 1.165) is 23.4 Å². The van der Waals surface area contributed by atoms with Crippen LogP contribution in [0.15, 0.2) is 36.7 Å². The van der Waals surface area contributed by atoms with Crippen molar-refractivity contribution in [1.82, 2.24) is 10.3 Å². The topological polar surface area (TPSA) is 34.2 Å². The Hall–Kier alpha value is -1.94. The van der Waals surface area contributed by atoms with Crippen molar-refractivity contribution in [2.24, 2.45) is 0 Å². The lowest BCUT2D eigenvalue weighted by molar-refractivity contribution is 0.466. The van der Waals surface area contributed by atoms with Crippen LogP contribution in [-0.4, -0.2) is 11.5 Å². The molecular weight excluding hydrogens is 243 g/mol. The molecule has 0 saturated heterocycles. The Morgan fingerprint density at radius 1 is 1.26 bits per heavy atom. The molecule has 100 valence electrons. The Labute approximate surface area is 112 Å². The monoisotopic (exact) mass is 260 g/mol. The van der Waals surface area contributed by atoms with E-state index in [2.05, 4.69) is 10.3 Å². The predicted molar refractivity (Wildman–Crippen MR) is 72.8 cm³/mol. The minimum atomic E-state index is -0.257. The Kier molecular flexibility index (Phi) is 4.47. The van der Waals surface area contributed by atoms with Crippen molar-refractivity contribution in [2.45, 2.75) is 20.4 Å². The standard InChI is InChI=1S/C15H17FN2O/c1-3-17-9-12-10-18-7-6-15(12)19-14-5-4-13(16)8-11(14)2/h4-8,10,17H,3,9H2,1-2H3. The normalized spacial score (nSPS) is 10.5. The molecule has 2 rings (SSSR count). The predicted octanol–water partition coefficient (Wildman–Crippen LogP) is 3.43. The summed E-state index contributed by atoms with van der Waals surface area (Å²) in [6.07, 6.45) is 3.46. The molecule has 0 saturated carbocycles. The van der Waals surface area contributed by atoms with Gasteiger partial charge in [0.05, 0.1) is 0 Å². The average Bonchev–Trinajstić information content (AvgIpc) is 2.41. The number of rotatable bonds is 5. The first kappa shape index (κ1) is 13.5. The van der Waals surface area contributed by atoms with Gasteiger partial charge in [-0.3, -0.25) is 4.98 Å². The summed E-state index contributed by atoms with van der Waals surface area (Å²) in [7, 11) is 0. The summed E-state index contributed by atoms with van der Waals surface area (Å²) in [5.41, 5.74) is 1.75. The van der Waals surface area contributed by atoms with Crippen molar-refractivity contribution < 1.29 is 9.13 Å². The van der Waals surface area contributed by atoms with Crippen molar-refractivity contribution in [3.63, 3.8) is 0 Å². The van der Waals surface area contributed by atoms with Crippen LogP contribution in [0.1, 0.15) is 18.1 Å². The first-order valence-electron chi connectivity index (χ1n) is 6.28. The third-order valence-corrected chi connectivity index (χ3v) is 2.78. The van der Waals surface area contributed by atoms with E-state index in [1.165, 1.54) is 12.1 Å². The van der Waals surface area contributed by atoms with E-state index in [4.69, 9.17) is 4.74 Å². The van der Waals surface area contributed by atoms with Gasteiger partial charge in [0.15, 0.2) is 0 Å². The van der Waals surface area contributed by atoms with Crippen molar-refractivity contribution in [1.29, 1.82) is 0 Å². The zero-order valence-corrected chi connectivity index (χ0v) is 11.1. The van der Waals surface area contributed by atoms with Crippen LogP contribution in [0.2, 0.25) is 0 Å². The van der Waals surface area contributed by atoms with E-state index in [0.29, 0.717) is 12.3 Å². The Morgan fingerprint density at radius 2 is 2.11 bits per heavy atom. The third kappa shape index (κ3) is 3.51. The molecule has 0 bridgehead atoms. The molecule has 2 aromatic rings. The molecule has 1 aromatic carbocycles. The van der Waals surface area contributed by atoms with Gasteiger partial charge in [-0.2, -0.15) is 0 Å². The molecule has 1 N–H and O–H groups in total. The Morgan fingerprint density at radius 3 is 2.84 bits per heavy atom. The second-order valence-corrected chi connectivity index (χ2v) is 4.28. The lowest BCUT2D eigenvalue weighted by atomic mass is 10.2. The molecule has 0 radical (unpaired) electrons. The SMILES string of the molecule is CCNCc1cnccc1Oc1ccc(F)cc1C. The second kappa shape index (κ2) is 6.29. The number of nitrogens with one attached hydrogen (secondary N) is 1. The molecular formula is C15H17FN2O. The minimum Gasteiger partial charge on any atom is -0.457 e. The molecule has 0 spiro atoms. The van der Waals surface area contributed by atoms with E-state index >= 15 is 0 Å². The summed E-state index contributed by atoms with van der Waals surface area (Å²) >= 11 is 0. The Bertz CT molecular complexity index is 558. The van der Waals surface area contributed by atoms with Crippen molar-refractivity contribution >= 4 is 0 Å². The summed E-state index contributed by atoms with van der Waals surface area (Å²) in [5, 5.41) is 3.23. The smallest absolute Gasteiger partial charge is 0.135 e. The molecule has 1 heterocycles. The van der Waals surface area contributed by atoms with Crippen LogP contribution >= 0.6 is 0 Å². The van der Waals surface area contributed by atoms with Gasteiger partial charge in [0.1, 0.15) is 17.3 Å². The highest BCUT2D eigenvalue weighted by Crippen LogP contribution is 2.27. The summed E-state index contributed by atoms with van der Waals surface area (Å²) in [5.74, 6) is 1.14. The van der Waals surface area contributed by atoms with Gasteiger partial charge in [-0.15, -0.1) is 0 Å². The molecule has 4 heteroatoms. The van der Waals surface area contributed by atoms with Gasteiger partial charge in [0, 0.05) is 24.5 Å². The average molecular weight is 260 g/mol. The molecule has 0 aliphatic heterocycles. The first-order valence-corrected chi connectivity index (χ1v) is 6.28. The highest BCUT2D eigenvalue weighted by Gasteiger charge is 2.07. The van der Waals surface area contributed by atoms with Crippen LogP contribution in [0.3, 0.4) is 0 Å². The zero-order valence-electron chi connectivity index (χ0n) is 11.1. The maximum Gasteiger partial charge on any atom is 0.135 e. The number of pyridine rings is 1. The molecule has 0 amide bonds. The van der Waals surface area contributed by atoms with E-state index in [9.17, 15) is 4.39 Å². The highest BCUT2D eigenvalue weighted by atomic mass is 19.1. The van der Waals surface area contributed by atoms with E-state index in [1.54, 1.807) is 18.5 Å². The summed E-state index contributed by atoms with van der Waals surface area (Å²) in [6.45, 7) is 5.44. The lowest BCUT2D eigenvalue weighted by Gasteiger charge is -2.12. The van der Waals surface area contributed by atoms with Crippen LogP contribution in [0, 0.1) is 12.7 Å². The largest absolute Gasteiger partial charge is 0.457 e. The first-order chi connectivity index (χ1) is 9.20. The van der Waals surface area contributed by atoms with Gasteiger partial charge >= 0.3 is 0 Å². The van der Waals surface area contributed by atoms with E-state index in [-0.39, 0.29) is 5.82 Å². The molecule has 0 aliphatic carbocycles. The molecule has 0 unspecified atom stereocenters. The number of aryl methyl sites for hydroxylation is 1. The van der Waals surface area contributed by atoms with Gasteiger partial charge in [0.25, 0.3) is 0 Å². The van der Waals surface area contributed by atoms with Gasteiger partial charge < -0.3 is 10.1 Å². The summed E-state index contributed by atoms with van der Waals surface area (Å²) in [4.78, 5) is 4.10. The number of ether oxygens (including phenoxy) is 1. The maximum atomic E-state index is 13.1. The fourth-order valence-electron chi connectivity index (χ4n) is 1.75. The number of benzene rings is 1. The number of halogens is 1. The highest BCUT2D eigenvalue weighted by molar-refractivity contribution is 5.39. The molecule has 3 nitrogen and oxygen atoms in total. The van der Waals surface area contributed by atoms with E-state index in [1.807, 2.05) is 19.9 Å². The number of aromatic nitrogens is 1. The van der Waals surface area contributed by atoms with Gasteiger partial charge in [-0.05, 0) is 43.3 Å². The maximum absolute atomic E-state index is 13.1. The van der Waals surface area contributed by atoms with Gasteiger partial charge in [-0.1, -0.05) is 6.92 Å². The molecule has 0 atom stereocenters. The number of nitrogens with zero attached hydrogens (tertiary/aromatic N) is 1. The van der Waals surface area contributed by atoms with Gasteiger partial charge in [-0.25, -0.2) is 4.39 Å². The van der Waals surface area contributed by atoms with E-state index < -0.39 is 0 Å². The zero-order chi connectivity index (χ0) is 13.7. The molecule has 1 aromatic heterocycles. The van der Waals surface area contributed by atoms with Crippen molar-refractivity contribution in [3.8, 4) is 11.5 Å². The van der Waals surface area contributed by atoms with Crippen molar-refractivity contribution in [3.05, 3.63) is 53.6 Å². The van der Waals surface area contributed by atoms with Crippen LogP contribution < -0.4 is 10.1 Å². The van der Waals surface area contributed by atoms with Gasteiger partial charge in [0.2, 0.25) is 0 Å².